The molecular weight excluding hydrogens is 803 g/mol. The first-order chi connectivity index (χ1) is 29.4. The van der Waals surface area contributed by atoms with Crippen molar-refractivity contribution in [2.24, 2.45) is 0 Å². The third-order valence-electron chi connectivity index (χ3n) is 10.9. The van der Waals surface area contributed by atoms with E-state index in [9.17, 15) is 38.7 Å². The molecule has 0 bridgehead atoms. The molecule has 0 aromatic heterocycles. The Labute approximate surface area is 369 Å². The molecule has 14 heteroatoms. The lowest BCUT2D eigenvalue weighted by Gasteiger charge is -2.41. The minimum atomic E-state index is -5.12. The van der Waals surface area contributed by atoms with E-state index in [4.69, 9.17) is 14.0 Å². The topological polar surface area (TPSA) is 212 Å². The van der Waals surface area contributed by atoms with Crippen molar-refractivity contribution in [2.45, 2.75) is 230 Å². The second-order valence-electron chi connectivity index (χ2n) is 16.5. The Balaban J connectivity index is 2.52. The highest BCUT2D eigenvalue weighted by Crippen LogP contribution is 2.26. The summed E-state index contributed by atoms with van der Waals surface area (Å²) in [4.78, 5) is 13.1. The monoisotopic (exact) mass is 888 g/mol. The fraction of sp³-hybridized carbons (Fsp3) is 0.809. The molecule has 1 saturated heterocycles. The third kappa shape index (κ3) is 29.9. The molecule has 7 N–H and O–H groups in total. The van der Waals surface area contributed by atoms with E-state index >= 15 is 0 Å². The molecule has 8 unspecified atom stereocenters. The highest BCUT2D eigenvalue weighted by atomic mass is 32.3. The van der Waals surface area contributed by atoms with Gasteiger partial charge in [-0.3, -0.25) is 9.35 Å². The summed E-state index contributed by atoms with van der Waals surface area (Å²) in [6, 6.07) is -1.14. The third-order valence-corrected chi connectivity index (χ3v) is 11.4. The number of aliphatic hydroxyl groups excluding tert-OH is 5. The summed E-state index contributed by atoms with van der Waals surface area (Å²) >= 11 is 0. The first kappa shape index (κ1) is 57.0. The Morgan fingerprint density at radius 3 is 1.64 bits per heavy atom. The number of carbonyl (C=O) groups excluding carboxylic acids is 1. The van der Waals surface area contributed by atoms with Gasteiger partial charge in [0.25, 0.3) is 0 Å². The van der Waals surface area contributed by atoms with Crippen LogP contribution in [0.2, 0.25) is 0 Å². The molecule has 0 radical (unpaired) electrons. The van der Waals surface area contributed by atoms with Crippen molar-refractivity contribution in [3.8, 4) is 0 Å². The van der Waals surface area contributed by atoms with Gasteiger partial charge < -0.3 is 40.3 Å². The highest BCUT2D eigenvalue weighted by molar-refractivity contribution is 7.80. The average Bonchev–Trinajstić information content (AvgIpc) is 3.23. The molecule has 0 aromatic carbocycles. The molecule has 356 valence electrons. The normalized spacial score (nSPS) is 21.6. The molecule has 0 saturated carbocycles. The van der Waals surface area contributed by atoms with Crippen LogP contribution in [0, 0.1) is 0 Å². The highest BCUT2D eigenvalue weighted by Gasteiger charge is 2.48. The van der Waals surface area contributed by atoms with Gasteiger partial charge in [0, 0.05) is 0 Å². The van der Waals surface area contributed by atoms with E-state index in [-0.39, 0.29) is 6.42 Å². The van der Waals surface area contributed by atoms with Gasteiger partial charge >= 0.3 is 10.4 Å². The molecule has 61 heavy (non-hydrogen) atoms. The molecule has 1 amide bonds. The van der Waals surface area contributed by atoms with Crippen LogP contribution in [0.3, 0.4) is 0 Å². The smallest absolute Gasteiger partial charge is 0.394 e. The van der Waals surface area contributed by atoms with Crippen molar-refractivity contribution in [1.82, 2.24) is 5.32 Å². The second kappa shape index (κ2) is 37.4. The van der Waals surface area contributed by atoms with Gasteiger partial charge in [0.15, 0.2) is 6.29 Å². The summed E-state index contributed by atoms with van der Waals surface area (Å²) in [6.07, 6.45) is 33.6. The van der Waals surface area contributed by atoms with Crippen molar-refractivity contribution < 1.29 is 57.0 Å². The standard InChI is InChI=1S/C47H85NO12S/c1-3-5-7-9-11-13-15-16-17-18-19-20-21-22-23-24-26-28-30-32-34-36-41(51)46(54)48-39(40(50)35-33-31-29-27-25-14-12-10-8-6-4-2)38-58-47-44(53)45(60-61(55,56)57)43(52)42(37-49)59-47/h8,10,21-22,25,27,33,35,39-45,47,49-53H,3-7,9,11-20,23-24,26,28-32,34,36-38H2,1-2H3,(H,48,54)(H,55,56,57)/b10-8+,22-21-,27-25+,35-33+. The van der Waals surface area contributed by atoms with Gasteiger partial charge in [0.2, 0.25) is 5.91 Å². The number of carbonyl (C=O) groups is 1. The zero-order chi connectivity index (χ0) is 45.0. The molecule has 1 heterocycles. The molecule has 0 spiro atoms. The maximum Gasteiger partial charge on any atom is 0.397 e. The lowest BCUT2D eigenvalue weighted by molar-refractivity contribution is -0.298. The predicted molar refractivity (Wildman–Crippen MR) is 242 cm³/mol. The number of hydrogen-bond donors (Lipinski definition) is 7. The van der Waals surface area contributed by atoms with Crippen molar-refractivity contribution in [3.05, 3.63) is 48.6 Å². The molecule has 1 rings (SSSR count). The Bertz CT molecular complexity index is 1290. The Kier molecular flexibility index (Phi) is 35.0. The number of aliphatic hydroxyl groups is 5. The van der Waals surface area contributed by atoms with Crippen LogP contribution in [-0.2, 0) is 28.9 Å². The van der Waals surface area contributed by atoms with Crippen LogP contribution >= 0.6 is 0 Å². The van der Waals surface area contributed by atoms with Crippen LogP contribution in [-0.4, -0.2) is 107 Å². The maximum atomic E-state index is 13.1. The average molecular weight is 888 g/mol. The van der Waals surface area contributed by atoms with Gasteiger partial charge in [-0.15, -0.1) is 0 Å². The number of amides is 1. The van der Waals surface area contributed by atoms with E-state index in [0.29, 0.717) is 12.8 Å². The molecule has 0 aliphatic carbocycles. The predicted octanol–water partition coefficient (Wildman–Crippen LogP) is 8.24. The van der Waals surface area contributed by atoms with Crippen LogP contribution in [0.1, 0.15) is 181 Å². The molecule has 1 aliphatic rings. The minimum absolute atomic E-state index is 0.225. The largest absolute Gasteiger partial charge is 0.397 e. The fourth-order valence-corrected chi connectivity index (χ4v) is 7.65. The van der Waals surface area contributed by atoms with E-state index < -0.39 is 78.5 Å². The van der Waals surface area contributed by atoms with Crippen LogP contribution in [0.25, 0.3) is 0 Å². The number of rotatable bonds is 39. The molecule has 13 nitrogen and oxygen atoms in total. The van der Waals surface area contributed by atoms with Crippen molar-refractivity contribution in [3.63, 3.8) is 0 Å². The summed E-state index contributed by atoms with van der Waals surface area (Å²) in [5.74, 6) is -0.724. The Hall–Kier alpha value is -1.98. The van der Waals surface area contributed by atoms with Gasteiger partial charge in [-0.05, 0) is 64.2 Å². The molecule has 0 aromatic rings. The first-order valence-corrected chi connectivity index (χ1v) is 25.0. The zero-order valence-electron chi connectivity index (χ0n) is 37.6. The number of allylic oxidation sites excluding steroid dienone is 7. The molecule has 1 aliphatic heterocycles. The van der Waals surface area contributed by atoms with E-state index in [1.54, 1.807) is 6.08 Å². The summed E-state index contributed by atoms with van der Waals surface area (Å²) in [6.45, 7) is 3.10. The number of hydrogen-bond acceptors (Lipinski definition) is 11. The summed E-state index contributed by atoms with van der Waals surface area (Å²) in [5.41, 5.74) is 0. The van der Waals surface area contributed by atoms with E-state index in [2.05, 4.69) is 59.8 Å². The molecular formula is C47H85NO12S. The zero-order valence-corrected chi connectivity index (χ0v) is 38.4. The van der Waals surface area contributed by atoms with Crippen molar-refractivity contribution >= 4 is 16.3 Å². The summed E-state index contributed by atoms with van der Waals surface area (Å²) < 4.78 is 47.4. The van der Waals surface area contributed by atoms with E-state index in [1.807, 2.05) is 0 Å². The van der Waals surface area contributed by atoms with Gasteiger partial charge in [-0.1, -0.05) is 165 Å². The Morgan fingerprint density at radius 2 is 1.13 bits per heavy atom. The minimum Gasteiger partial charge on any atom is -0.394 e. The fourth-order valence-electron chi connectivity index (χ4n) is 7.14. The van der Waals surface area contributed by atoms with Gasteiger partial charge in [-0.2, -0.15) is 8.42 Å². The van der Waals surface area contributed by atoms with Gasteiger partial charge in [0.05, 0.1) is 25.4 Å². The van der Waals surface area contributed by atoms with Gasteiger partial charge in [0.1, 0.15) is 30.5 Å². The van der Waals surface area contributed by atoms with Crippen LogP contribution in [0.15, 0.2) is 48.6 Å². The maximum absolute atomic E-state index is 13.1. The summed E-state index contributed by atoms with van der Waals surface area (Å²) in [7, 11) is -5.12. The quantitative estimate of drug-likeness (QED) is 0.0177. The van der Waals surface area contributed by atoms with Crippen LogP contribution in [0.5, 0.6) is 0 Å². The number of nitrogens with one attached hydrogen (secondary N) is 1. The van der Waals surface area contributed by atoms with Gasteiger partial charge in [-0.25, -0.2) is 4.18 Å². The van der Waals surface area contributed by atoms with Crippen molar-refractivity contribution in [1.29, 1.82) is 0 Å². The van der Waals surface area contributed by atoms with E-state index in [1.165, 1.54) is 76.7 Å². The number of unbranched alkanes of at least 4 members (excludes halogenated alkanes) is 20. The SMILES string of the molecule is CCC/C=C/CC/C=C/CC/C=C/C(O)C(COC1OC(CO)C(O)C(OS(=O)(=O)O)C1O)NC(=O)C(O)CCCCCCCC/C=C\CCCCCCCCCCCCC. The van der Waals surface area contributed by atoms with Crippen LogP contribution < -0.4 is 5.32 Å². The Morgan fingerprint density at radius 1 is 0.656 bits per heavy atom. The number of ether oxygens (including phenoxy) is 2. The summed E-state index contributed by atoms with van der Waals surface area (Å²) in [5, 5.41) is 55.1. The van der Waals surface area contributed by atoms with Crippen molar-refractivity contribution in [2.75, 3.05) is 13.2 Å². The lowest BCUT2D eigenvalue weighted by atomic mass is 9.99. The molecule has 8 atom stereocenters. The lowest BCUT2D eigenvalue weighted by Crippen LogP contribution is -2.61. The molecule has 1 fully saturated rings. The van der Waals surface area contributed by atoms with E-state index in [0.717, 1.165) is 77.0 Å². The first-order valence-electron chi connectivity index (χ1n) is 23.6. The second-order valence-corrected chi connectivity index (χ2v) is 17.5. The van der Waals surface area contributed by atoms with Crippen LogP contribution in [0.4, 0.5) is 0 Å².